The predicted octanol–water partition coefficient (Wildman–Crippen LogP) is 4.69. The summed E-state index contributed by atoms with van der Waals surface area (Å²) < 4.78 is 11.3. The molecule has 4 aromatic rings. The Morgan fingerprint density at radius 1 is 1.03 bits per heavy atom. The van der Waals surface area contributed by atoms with Crippen LogP contribution in [0.25, 0.3) is 22.0 Å². The standard InChI is InChI=1S/C25H26N2O3/c1-27(2)15-14-25(28,23-13-8-16-30-23)21-11-7-12-22-20(21)17-19(24(26-22)29-3)18-9-5-4-6-10-18/h4-13,16-17,28H,14-15H2,1-3H3. The molecule has 0 saturated heterocycles. The third-order valence-electron chi connectivity index (χ3n) is 5.40. The van der Waals surface area contributed by atoms with E-state index in [0.717, 1.165) is 27.6 Å². The van der Waals surface area contributed by atoms with E-state index in [-0.39, 0.29) is 0 Å². The lowest BCUT2D eigenvalue weighted by atomic mass is 9.84. The van der Waals surface area contributed by atoms with Crippen molar-refractivity contribution < 1.29 is 14.3 Å². The van der Waals surface area contributed by atoms with Gasteiger partial charge in [-0.15, -0.1) is 0 Å². The molecule has 0 aliphatic rings. The fourth-order valence-corrected chi connectivity index (χ4v) is 3.81. The van der Waals surface area contributed by atoms with Gasteiger partial charge in [-0.05, 0) is 43.9 Å². The Morgan fingerprint density at radius 2 is 1.83 bits per heavy atom. The molecule has 0 aliphatic carbocycles. The summed E-state index contributed by atoms with van der Waals surface area (Å²) in [6.07, 6.45) is 2.08. The Labute approximate surface area is 176 Å². The third-order valence-corrected chi connectivity index (χ3v) is 5.40. The van der Waals surface area contributed by atoms with Crippen molar-refractivity contribution in [1.82, 2.24) is 9.88 Å². The van der Waals surface area contributed by atoms with E-state index >= 15 is 0 Å². The molecule has 0 spiro atoms. The number of aliphatic hydroxyl groups is 1. The largest absolute Gasteiger partial charge is 0.481 e. The molecule has 2 aromatic carbocycles. The van der Waals surface area contributed by atoms with Crippen molar-refractivity contribution in [3.05, 3.63) is 84.3 Å². The zero-order chi connectivity index (χ0) is 21.1. The topological polar surface area (TPSA) is 58.7 Å². The van der Waals surface area contributed by atoms with Crippen LogP contribution in [0.3, 0.4) is 0 Å². The molecule has 2 heterocycles. The van der Waals surface area contributed by atoms with Crippen molar-refractivity contribution in [2.75, 3.05) is 27.7 Å². The average Bonchev–Trinajstić information content (AvgIpc) is 3.32. The first-order chi connectivity index (χ1) is 14.5. The minimum absolute atomic E-state index is 0.485. The Balaban J connectivity index is 1.95. The van der Waals surface area contributed by atoms with Crippen molar-refractivity contribution in [2.24, 2.45) is 0 Å². The van der Waals surface area contributed by atoms with Gasteiger partial charge in [-0.1, -0.05) is 42.5 Å². The first-order valence-electron chi connectivity index (χ1n) is 9.97. The molecular formula is C25H26N2O3. The third kappa shape index (κ3) is 3.70. The van der Waals surface area contributed by atoms with Gasteiger partial charge in [-0.2, -0.15) is 0 Å². The molecule has 4 rings (SSSR count). The second kappa shape index (κ2) is 8.30. The molecule has 1 atom stereocenters. The van der Waals surface area contributed by atoms with Gasteiger partial charge >= 0.3 is 0 Å². The van der Waals surface area contributed by atoms with Crippen LogP contribution in [0, 0.1) is 0 Å². The highest BCUT2D eigenvalue weighted by Crippen LogP contribution is 2.40. The quantitative estimate of drug-likeness (QED) is 0.486. The van der Waals surface area contributed by atoms with E-state index in [1.54, 1.807) is 19.4 Å². The minimum Gasteiger partial charge on any atom is -0.481 e. The van der Waals surface area contributed by atoms with Crippen LogP contribution < -0.4 is 4.74 Å². The summed E-state index contributed by atoms with van der Waals surface area (Å²) in [6, 6.07) is 21.5. The first-order valence-corrected chi connectivity index (χ1v) is 9.97. The highest BCUT2D eigenvalue weighted by atomic mass is 16.5. The number of methoxy groups -OCH3 is 1. The number of aromatic nitrogens is 1. The number of ether oxygens (including phenoxy) is 1. The summed E-state index contributed by atoms with van der Waals surface area (Å²) in [5.41, 5.74) is 2.14. The summed E-state index contributed by atoms with van der Waals surface area (Å²) in [5.74, 6) is 1.08. The van der Waals surface area contributed by atoms with Gasteiger partial charge in [0.25, 0.3) is 0 Å². The number of pyridine rings is 1. The zero-order valence-corrected chi connectivity index (χ0v) is 17.5. The summed E-state index contributed by atoms with van der Waals surface area (Å²) in [4.78, 5) is 6.80. The van der Waals surface area contributed by atoms with Gasteiger partial charge in [0.05, 0.1) is 18.9 Å². The molecule has 0 radical (unpaired) electrons. The molecule has 0 fully saturated rings. The smallest absolute Gasteiger partial charge is 0.221 e. The molecule has 30 heavy (non-hydrogen) atoms. The summed E-state index contributed by atoms with van der Waals surface area (Å²) in [5, 5.41) is 12.8. The van der Waals surface area contributed by atoms with Crippen LogP contribution in [0.4, 0.5) is 0 Å². The van der Waals surface area contributed by atoms with Crippen molar-refractivity contribution in [2.45, 2.75) is 12.0 Å². The molecule has 0 saturated carbocycles. The summed E-state index contributed by atoms with van der Waals surface area (Å²) >= 11 is 0. The fraction of sp³-hybridized carbons (Fsp3) is 0.240. The molecule has 0 aliphatic heterocycles. The number of rotatable bonds is 7. The maximum Gasteiger partial charge on any atom is 0.221 e. The zero-order valence-electron chi connectivity index (χ0n) is 17.5. The lowest BCUT2D eigenvalue weighted by molar-refractivity contribution is 0.0422. The predicted molar refractivity (Wildman–Crippen MR) is 119 cm³/mol. The molecule has 1 N–H and O–H groups in total. The highest BCUT2D eigenvalue weighted by molar-refractivity contribution is 5.89. The van der Waals surface area contributed by atoms with Gasteiger partial charge in [0.2, 0.25) is 5.88 Å². The maximum atomic E-state index is 11.9. The second-order valence-electron chi connectivity index (χ2n) is 7.67. The maximum absolute atomic E-state index is 11.9. The van der Waals surface area contributed by atoms with Crippen LogP contribution in [0.5, 0.6) is 5.88 Å². The number of hydrogen-bond acceptors (Lipinski definition) is 5. The minimum atomic E-state index is -1.28. The molecule has 1 unspecified atom stereocenters. The van der Waals surface area contributed by atoms with E-state index in [0.29, 0.717) is 24.6 Å². The molecule has 0 amide bonds. The van der Waals surface area contributed by atoms with Crippen molar-refractivity contribution in [3.63, 3.8) is 0 Å². The first kappa shape index (κ1) is 20.1. The van der Waals surface area contributed by atoms with E-state index in [2.05, 4.69) is 11.0 Å². The number of hydrogen-bond donors (Lipinski definition) is 1. The molecule has 154 valence electrons. The Bertz CT molecular complexity index is 1120. The molecule has 0 bridgehead atoms. The van der Waals surface area contributed by atoms with Crippen molar-refractivity contribution in [1.29, 1.82) is 0 Å². The van der Waals surface area contributed by atoms with Crippen LogP contribution >= 0.6 is 0 Å². The van der Waals surface area contributed by atoms with Crippen LogP contribution in [-0.2, 0) is 5.60 Å². The normalized spacial score (nSPS) is 13.5. The Kier molecular flexibility index (Phi) is 5.57. The lowest BCUT2D eigenvalue weighted by Gasteiger charge is -2.29. The fourth-order valence-electron chi connectivity index (χ4n) is 3.81. The second-order valence-corrected chi connectivity index (χ2v) is 7.67. The number of nitrogens with zero attached hydrogens (tertiary/aromatic N) is 2. The van der Waals surface area contributed by atoms with E-state index in [1.165, 1.54) is 0 Å². The Morgan fingerprint density at radius 3 is 2.50 bits per heavy atom. The van der Waals surface area contributed by atoms with Gasteiger partial charge in [0, 0.05) is 29.5 Å². The molecule has 2 aromatic heterocycles. The van der Waals surface area contributed by atoms with Crippen LogP contribution in [0.2, 0.25) is 0 Å². The van der Waals surface area contributed by atoms with Crippen LogP contribution in [0.1, 0.15) is 17.7 Å². The van der Waals surface area contributed by atoms with E-state index in [1.807, 2.05) is 68.7 Å². The van der Waals surface area contributed by atoms with Crippen molar-refractivity contribution in [3.8, 4) is 17.0 Å². The SMILES string of the molecule is COc1nc2cccc(C(O)(CCN(C)C)c3ccco3)c2cc1-c1ccccc1. The molecular weight excluding hydrogens is 376 g/mol. The van der Waals surface area contributed by atoms with E-state index in [9.17, 15) is 5.11 Å². The molecule has 5 nitrogen and oxygen atoms in total. The summed E-state index contributed by atoms with van der Waals surface area (Å²) in [6.45, 7) is 0.697. The number of fused-ring (bicyclic) bond motifs is 1. The van der Waals surface area contributed by atoms with Gasteiger partial charge < -0.3 is 19.2 Å². The van der Waals surface area contributed by atoms with Gasteiger partial charge in [-0.3, -0.25) is 0 Å². The van der Waals surface area contributed by atoms with E-state index in [4.69, 9.17) is 14.1 Å². The highest BCUT2D eigenvalue weighted by Gasteiger charge is 2.36. The average molecular weight is 402 g/mol. The van der Waals surface area contributed by atoms with Crippen molar-refractivity contribution >= 4 is 10.9 Å². The van der Waals surface area contributed by atoms with Crippen LogP contribution in [0.15, 0.2) is 77.4 Å². The van der Waals surface area contributed by atoms with Gasteiger partial charge in [-0.25, -0.2) is 4.98 Å². The van der Waals surface area contributed by atoms with Gasteiger partial charge in [0.15, 0.2) is 0 Å². The monoisotopic (exact) mass is 402 g/mol. The summed E-state index contributed by atoms with van der Waals surface area (Å²) in [7, 11) is 5.61. The van der Waals surface area contributed by atoms with Crippen LogP contribution in [-0.4, -0.2) is 42.7 Å². The lowest BCUT2D eigenvalue weighted by Crippen LogP contribution is -2.31. The Hall–Kier alpha value is -3.15. The van der Waals surface area contributed by atoms with Gasteiger partial charge in [0.1, 0.15) is 11.4 Å². The van der Waals surface area contributed by atoms with E-state index < -0.39 is 5.60 Å². The molecule has 5 heteroatoms. The number of benzene rings is 2. The number of furan rings is 1.